The van der Waals surface area contributed by atoms with Crippen LogP contribution in [-0.2, 0) is 0 Å². The van der Waals surface area contributed by atoms with E-state index in [1.807, 2.05) is 28.7 Å². The van der Waals surface area contributed by atoms with Crippen LogP contribution in [0.5, 0.6) is 5.75 Å². The molecule has 2 heterocycles. The van der Waals surface area contributed by atoms with Gasteiger partial charge in [0.25, 0.3) is 0 Å². The Kier molecular flexibility index (Phi) is 3.99. The summed E-state index contributed by atoms with van der Waals surface area (Å²) >= 11 is 13.6. The molecule has 0 aliphatic rings. The average Bonchev–Trinajstić information content (AvgIpc) is 2.95. The van der Waals surface area contributed by atoms with Gasteiger partial charge in [-0.3, -0.25) is 5.32 Å². The molecule has 0 saturated heterocycles. The lowest BCUT2D eigenvalue weighted by Crippen LogP contribution is -2.27. The zero-order chi connectivity index (χ0) is 17.6. The number of aromatic nitrogens is 3. The summed E-state index contributed by atoms with van der Waals surface area (Å²) in [6, 6.07) is 11.1. The van der Waals surface area contributed by atoms with Crippen LogP contribution in [0.1, 0.15) is 0 Å². The Labute approximate surface area is 156 Å². The second-order valence-corrected chi connectivity index (χ2v) is 7.04. The lowest BCUT2D eigenvalue weighted by atomic mass is 10.3. The molecule has 0 atom stereocenters. The maximum atomic E-state index is 6.09. The molecule has 0 spiro atoms. The molecule has 2 aromatic heterocycles. The number of ether oxygens (including phenoxy) is 1. The summed E-state index contributed by atoms with van der Waals surface area (Å²) in [5.74, 6) is 1.50. The number of fused-ring (bicyclic) bond motifs is 3. The summed E-state index contributed by atoms with van der Waals surface area (Å²) in [6.45, 7) is 0. The van der Waals surface area contributed by atoms with E-state index in [0.29, 0.717) is 16.0 Å². The van der Waals surface area contributed by atoms with E-state index in [1.54, 1.807) is 19.2 Å². The minimum Gasteiger partial charge on any atom is -0.497 e. The van der Waals surface area contributed by atoms with Gasteiger partial charge in [0.05, 0.1) is 27.5 Å². The van der Waals surface area contributed by atoms with E-state index in [4.69, 9.17) is 33.7 Å². The van der Waals surface area contributed by atoms with E-state index < -0.39 is 0 Å². The van der Waals surface area contributed by atoms with Gasteiger partial charge < -0.3 is 10.5 Å². The number of hydrogen-bond donors (Lipinski definition) is 2. The van der Waals surface area contributed by atoms with Crippen molar-refractivity contribution in [2.45, 2.75) is 0 Å². The van der Waals surface area contributed by atoms with Gasteiger partial charge in [-0.05, 0) is 30.3 Å². The van der Waals surface area contributed by atoms with Crippen molar-refractivity contribution in [3.05, 3.63) is 46.4 Å². The van der Waals surface area contributed by atoms with Crippen molar-refractivity contribution in [2.24, 2.45) is 0 Å². The van der Waals surface area contributed by atoms with Gasteiger partial charge in [-0.1, -0.05) is 44.5 Å². The smallest absolute Gasteiger partial charge is 0.362 e. The fourth-order valence-electron chi connectivity index (χ4n) is 2.48. The Morgan fingerprint density at radius 2 is 1.96 bits per heavy atom. The van der Waals surface area contributed by atoms with E-state index in [2.05, 4.69) is 15.3 Å². The Bertz CT molecular complexity index is 1110. The summed E-state index contributed by atoms with van der Waals surface area (Å²) in [7, 11) is 1.64. The monoisotopic (exact) mass is 392 g/mol. The Morgan fingerprint density at radius 1 is 1.12 bits per heavy atom. The van der Waals surface area contributed by atoms with Crippen molar-refractivity contribution in [2.75, 3.05) is 18.2 Å². The lowest BCUT2D eigenvalue weighted by molar-refractivity contribution is -0.467. The van der Waals surface area contributed by atoms with E-state index in [1.165, 1.54) is 11.3 Å². The summed E-state index contributed by atoms with van der Waals surface area (Å²) in [6.07, 6.45) is 0. The molecule has 0 unspecified atom stereocenters. The van der Waals surface area contributed by atoms with Gasteiger partial charge >= 0.3 is 16.9 Å². The van der Waals surface area contributed by atoms with Crippen molar-refractivity contribution in [1.29, 1.82) is 0 Å². The SMILES string of the molecule is COc1ccc2c(c1)sc1nc(N)nc(Nc3ccc(Cl)c(Cl)c3)[n+]12. The maximum Gasteiger partial charge on any atom is 0.362 e. The number of thiazole rings is 1. The first-order valence-corrected chi connectivity index (χ1v) is 8.80. The van der Waals surface area contributed by atoms with Gasteiger partial charge in [0.15, 0.2) is 0 Å². The quantitative estimate of drug-likeness (QED) is 0.513. The number of nitrogens with two attached hydrogens (primary N) is 1. The topological polar surface area (TPSA) is 77.2 Å². The second kappa shape index (κ2) is 6.18. The summed E-state index contributed by atoms with van der Waals surface area (Å²) in [4.78, 5) is 9.37. The van der Waals surface area contributed by atoms with Crippen LogP contribution >= 0.6 is 34.5 Å². The first-order valence-electron chi connectivity index (χ1n) is 7.23. The van der Waals surface area contributed by atoms with Crippen LogP contribution in [0.2, 0.25) is 10.0 Å². The van der Waals surface area contributed by atoms with Gasteiger partial charge in [-0.2, -0.15) is 4.40 Å². The summed E-state index contributed by atoms with van der Waals surface area (Å²) < 4.78 is 8.20. The number of benzene rings is 2. The lowest BCUT2D eigenvalue weighted by Gasteiger charge is -2.04. The van der Waals surface area contributed by atoms with Crippen LogP contribution in [0, 0.1) is 0 Å². The highest BCUT2D eigenvalue weighted by molar-refractivity contribution is 7.22. The molecule has 4 aromatic rings. The minimum absolute atomic E-state index is 0.182. The molecule has 6 nitrogen and oxygen atoms in total. The molecular formula is C16H12Cl2N5OS+. The van der Waals surface area contributed by atoms with Crippen LogP contribution in [-0.4, -0.2) is 17.1 Å². The average molecular weight is 393 g/mol. The van der Waals surface area contributed by atoms with Crippen LogP contribution < -0.4 is 20.2 Å². The first kappa shape index (κ1) is 16.1. The summed E-state index contributed by atoms with van der Waals surface area (Å²) in [5.41, 5.74) is 7.56. The number of hydrogen-bond acceptors (Lipinski definition) is 6. The molecule has 0 aliphatic carbocycles. The van der Waals surface area contributed by atoms with Gasteiger partial charge in [0.1, 0.15) is 11.3 Å². The van der Waals surface area contributed by atoms with Gasteiger partial charge in [-0.15, -0.1) is 0 Å². The van der Waals surface area contributed by atoms with Gasteiger partial charge in [0, 0.05) is 6.07 Å². The first-order chi connectivity index (χ1) is 12.0. The highest BCUT2D eigenvalue weighted by Crippen LogP contribution is 2.29. The molecule has 0 bridgehead atoms. The largest absolute Gasteiger partial charge is 0.497 e. The Morgan fingerprint density at radius 3 is 2.72 bits per heavy atom. The molecule has 0 saturated carbocycles. The highest BCUT2D eigenvalue weighted by atomic mass is 35.5. The van der Waals surface area contributed by atoms with Crippen LogP contribution in [0.15, 0.2) is 36.4 Å². The zero-order valence-corrected chi connectivity index (χ0v) is 15.3. The molecule has 9 heteroatoms. The van der Waals surface area contributed by atoms with Crippen molar-refractivity contribution in [1.82, 2.24) is 9.97 Å². The van der Waals surface area contributed by atoms with E-state index >= 15 is 0 Å². The fourth-order valence-corrected chi connectivity index (χ4v) is 3.83. The van der Waals surface area contributed by atoms with E-state index in [9.17, 15) is 0 Å². The number of nitrogens with zero attached hydrogens (tertiary/aromatic N) is 3. The van der Waals surface area contributed by atoms with E-state index in [-0.39, 0.29) is 5.95 Å². The third kappa shape index (κ3) is 2.90. The number of halogens is 2. The number of methoxy groups -OCH3 is 1. The second-order valence-electron chi connectivity index (χ2n) is 5.21. The van der Waals surface area contributed by atoms with Crippen LogP contribution in [0.3, 0.4) is 0 Å². The predicted molar refractivity (Wildman–Crippen MR) is 101 cm³/mol. The van der Waals surface area contributed by atoms with Crippen molar-refractivity contribution >= 4 is 67.3 Å². The van der Waals surface area contributed by atoms with E-state index in [0.717, 1.165) is 26.6 Å². The third-order valence-corrected chi connectivity index (χ3v) is 5.36. The van der Waals surface area contributed by atoms with Crippen molar-refractivity contribution in [3.8, 4) is 5.75 Å². The maximum absolute atomic E-state index is 6.09. The summed E-state index contributed by atoms with van der Waals surface area (Å²) in [5, 5.41) is 4.17. The molecule has 126 valence electrons. The molecular weight excluding hydrogens is 381 g/mol. The van der Waals surface area contributed by atoms with Gasteiger partial charge in [0.2, 0.25) is 0 Å². The minimum atomic E-state index is 0.182. The van der Waals surface area contributed by atoms with Crippen molar-refractivity contribution < 1.29 is 9.14 Å². The molecule has 2 aromatic carbocycles. The number of nitrogens with one attached hydrogen (secondary N) is 1. The molecule has 3 N–H and O–H groups in total. The zero-order valence-electron chi connectivity index (χ0n) is 13.0. The van der Waals surface area contributed by atoms with Crippen LogP contribution in [0.4, 0.5) is 17.6 Å². The Balaban J connectivity index is 1.91. The molecule has 0 fully saturated rings. The molecule has 0 radical (unpaired) electrons. The molecule has 25 heavy (non-hydrogen) atoms. The predicted octanol–water partition coefficient (Wildman–Crippen LogP) is 4.07. The number of nitrogen functional groups attached to an aromatic ring is 1. The van der Waals surface area contributed by atoms with Crippen molar-refractivity contribution in [3.63, 3.8) is 0 Å². The Hall–Kier alpha value is -2.35. The highest BCUT2D eigenvalue weighted by Gasteiger charge is 2.20. The number of rotatable bonds is 3. The molecule has 4 rings (SSSR count). The van der Waals surface area contributed by atoms with Crippen LogP contribution in [0.25, 0.3) is 15.2 Å². The molecule has 0 aliphatic heterocycles. The number of anilines is 3. The normalized spacial score (nSPS) is 11.2. The molecule has 0 amide bonds. The van der Waals surface area contributed by atoms with Gasteiger partial charge in [-0.25, -0.2) is 0 Å². The standard InChI is InChI=1S/C16H11Cl2N5OS/c1-24-9-3-5-12-13(7-9)25-16-22-14(19)21-15(23(12)16)20-8-2-4-10(17)11(18)6-8/h2-7H,1H3,(H2,19,20,21)/p+1. The third-order valence-electron chi connectivity index (χ3n) is 3.62. The fraction of sp³-hybridized carbons (Fsp3) is 0.0625.